The number of rotatable bonds is 2. The first-order valence-electron chi connectivity index (χ1n) is 10.2. The number of nitrogens with two attached hydrogens (primary N) is 1. The van der Waals surface area contributed by atoms with Crippen LogP contribution in [-0.2, 0) is 20.0 Å². The minimum Gasteiger partial charge on any atom is -0.507 e. The van der Waals surface area contributed by atoms with Crippen molar-refractivity contribution in [1.82, 2.24) is 4.90 Å². The summed E-state index contributed by atoms with van der Waals surface area (Å²) >= 11 is 0. The quantitative estimate of drug-likeness (QED) is 0.304. The minimum absolute atomic E-state index is 0.166. The van der Waals surface area contributed by atoms with Crippen molar-refractivity contribution >= 4 is 23.2 Å². The van der Waals surface area contributed by atoms with Crippen LogP contribution in [-0.4, -0.2) is 79.7 Å². The van der Waals surface area contributed by atoms with E-state index in [0.29, 0.717) is 0 Å². The van der Waals surface area contributed by atoms with Crippen LogP contribution in [0.25, 0.3) is 5.76 Å². The van der Waals surface area contributed by atoms with E-state index in [4.69, 9.17) is 5.73 Å². The van der Waals surface area contributed by atoms with E-state index in [1.54, 1.807) is 14.1 Å². The third kappa shape index (κ3) is 2.57. The van der Waals surface area contributed by atoms with Crippen molar-refractivity contribution < 1.29 is 39.9 Å². The number of Topliss-reactive ketones (excluding diaryl/α,β-unsaturated/α-hetero) is 2. The van der Waals surface area contributed by atoms with Crippen molar-refractivity contribution in [2.24, 2.45) is 23.5 Å². The maximum atomic E-state index is 13.7. The molecule has 3 aliphatic rings. The number of carbonyl (C=O) groups excluding carboxylic acids is 3. The average Bonchev–Trinajstić information content (AvgIpc) is 2.68. The van der Waals surface area contributed by atoms with Gasteiger partial charge in [-0.05, 0) is 39.1 Å². The molecular formula is C22H26N2O8. The fraction of sp³-hybridized carbons (Fsp3) is 0.500. The van der Waals surface area contributed by atoms with Gasteiger partial charge in [0.1, 0.15) is 17.4 Å². The summed E-state index contributed by atoms with van der Waals surface area (Å²) in [4.78, 5) is 40.3. The van der Waals surface area contributed by atoms with Gasteiger partial charge in [-0.1, -0.05) is 12.1 Å². The number of aliphatic hydroxyl groups excluding tert-OH is 2. The Morgan fingerprint density at radius 2 is 1.81 bits per heavy atom. The lowest BCUT2D eigenvalue weighted by molar-refractivity contribution is -0.188. The SMILES string of the molecule is CN(C)C1C(O)C(C(N)=O)C(=O)[C@@]2(O)C(=O)C3=C(O)c4c(O)cccc4C(C)(O)C3CC12. The van der Waals surface area contributed by atoms with Gasteiger partial charge in [-0.2, -0.15) is 0 Å². The summed E-state index contributed by atoms with van der Waals surface area (Å²) in [5.41, 5.74) is 0.420. The van der Waals surface area contributed by atoms with E-state index in [1.807, 2.05) is 0 Å². The predicted octanol–water partition coefficient (Wildman–Crippen LogP) is -1.21. The van der Waals surface area contributed by atoms with Gasteiger partial charge in [-0.3, -0.25) is 14.4 Å². The van der Waals surface area contributed by atoms with Crippen LogP contribution in [0.5, 0.6) is 5.75 Å². The maximum Gasteiger partial charge on any atom is 0.230 e. The van der Waals surface area contributed by atoms with Gasteiger partial charge >= 0.3 is 0 Å². The van der Waals surface area contributed by atoms with Crippen molar-refractivity contribution in [2.45, 2.75) is 36.7 Å². The Hall–Kier alpha value is -2.79. The van der Waals surface area contributed by atoms with Gasteiger partial charge in [0.25, 0.3) is 0 Å². The van der Waals surface area contributed by atoms with Crippen LogP contribution in [0.1, 0.15) is 24.5 Å². The normalized spacial score (nSPS) is 38.9. The Morgan fingerprint density at radius 3 is 2.38 bits per heavy atom. The highest BCUT2D eigenvalue weighted by atomic mass is 16.3. The molecule has 172 valence electrons. The number of amides is 1. The monoisotopic (exact) mass is 446 g/mol. The lowest BCUT2D eigenvalue weighted by atomic mass is 9.52. The second-order valence-electron chi connectivity index (χ2n) is 9.29. The van der Waals surface area contributed by atoms with Gasteiger partial charge in [-0.15, -0.1) is 0 Å². The van der Waals surface area contributed by atoms with Gasteiger partial charge in [-0.25, -0.2) is 0 Å². The van der Waals surface area contributed by atoms with Crippen molar-refractivity contribution in [1.29, 1.82) is 0 Å². The van der Waals surface area contributed by atoms with E-state index >= 15 is 0 Å². The highest BCUT2D eigenvalue weighted by Gasteiger charge is 2.69. The van der Waals surface area contributed by atoms with Crippen LogP contribution in [0.15, 0.2) is 23.8 Å². The molecule has 0 aliphatic heterocycles. The van der Waals surface area contributed by atoms with Crippen molar-refractivity contribution in [3.8, 4) is 5.75 Å². The number of likely N-dealkylation sites (N-methyl/N-ethyl adjacent to an activating group) is 1. The van der Waals surface area contributed by atoms with E-state index in [0.717, 1.165) is 0 Å². The molecule has 2 saturated carbocycles. The predicted molar refractivity (Wildman–Crippen MR) is 110 cm³/mol. The first-order valence-corrected chi connectivity index (χ1v) is 10.2. The Kier molecular flexibility index (Phi) is 4.80. The smallest absolute Gasteiger partial charge is 0.230 e. The molecule has 0 aromatic heterocycles. The summed E-state index contributed by atoms with van der Waals surface area (Å²) < 4.78 is 0. The largest absolute Gasteiger partial charge is 0.507 e. The molecule has 10 heteroatoms. The molecule has 6 unspecified atom stereocenters. The molecule has 10 nitrogen and oxygen atoms in total. The zero-order valence-electron chi connectivity index (χ0n) is 17.8. The van der Waals surface area contributed by atoms with Crippen molar-refractivity contribution in [3.63, 3.8) is 0 Å². The van der Waals surface area contributed by atoms with E-state index in [2.05, 4.69) is 0 Å². The Balaban J connectivity index is 1.99. The molecule has 2 fully saturated rings. The van der Waals surface area contributed by atoms with E-state index in [9.17, 15) is 39.9 Å². The Labute approximate surface area is 183 Å². The second kappa shape index (κ2) is 6.85. The minimum atomic E-state index is -2.76. The number of hydrogen-bond donors (Lipinski definition) is 6. The second-order valence-corrected chi connectivity index (χ2v) is 9.29. The maximum absolute atomic E-state index is 13.7. The lowest BCUT2D eigenvalue weighted by Gasteiger charge is -2.55. The van der Waals surface area contributed by atoms with Crippen molar-refractivity contribution in [3.05, 3.63) is 34.9 Å². The van der Waals surface area contributed by atoms with Crippen LogP contribution in [0.2, 0.25) is 0 Å². The molecule has 3 aliphatic carbocycles. The van der Waals surface area contributed by atoms with Gasteiger partial charge in [0.05, 0.1) is 17.3 Å². The molecule has 32 heavy (non-hydrogen) atoms. The number of hydrogen-bond acceptors (Lipinski definition) is 9. The fourth-order valence-corrected chi connectivity index (χ4v) is 5.86. The van der Waals surface area contributed by atoms with Crippen LogP contribution >= 0.6 is 0 Å². The fourth-order valence-electron chi connectivity index (χ4n) is 5.86. The number of aromatic hydroxyl groups is 1. The topological polar surface area (TPSA) is 182 Å². The lowest BCUT2D eigenvalue weighted by Crippen LogP contribution is -2.74. The number of ketones is 2. The molecule has 1 amide bonds. The number of nitrogens with zero attached hydrogens (tertiary/aromatic N) is 1. The van der Waals surface area contributed by atoms with Crippen LogP contribution < -0.4 is 5.73 Å². The van der Waals surface area contributed by atoms with Crippen LogP contribution in [0.4, 0.5) is 0 Å². The molecule has 1 aromatic carbocycles. The molecule has 0 bridgehead atoms. The van der Waals surface area contributed by atoms with Crippen molar-refractivity contribution in [2.75, 3.05) is 14.1 Å². The van der Waals surface area contributed by atoms with Crippen LogP contribution in [0.3, 0.4) is 0 Å². The number of phenols is 1. The zero-order chi connectivity index (χ0) is 23.9. The van der Waals surface area contributed by atoms with E-state index < -0.39 is 69.9 Å². The summed E-state index contributed by atoms with van der Waals surface area (Å²) in [6.45, 7) is 1.41. The van der Waals surface area contributed by atoms with Gasteiger partial charge in [0.15, 0.2) is 11.4 Å². The molecule has 0 spiro atoms. The summed E-state index contributed by atoms with van der Waals surface area (Å²) in [6, 6.07) is 3.23. The standard InChI is InChI=1S/C22H26N2O8/c1-21(31)8-5-4-6-11(25)12(8)16(26)13-9(21)7-10-15(24(2)3)17(27)14(20(23)30)19(29)22(10,32)18(13)28/h4-6,9-10,14-15,17,25-27,31-32H,7H2,1-3H3,(H2,23,30)/t9?,10?,14?,15?,17?,21?,22-/m0/s1. The highest BCUT2D eigenvalue weighted by molar-refractivity contribution is 6.25. The molecule has 7 N–H and O–H groups in total. The first-order chi connectivity index (χ1) is 14.8. The van der Waals surface area contributed by atoms with E-state index in [-0.39, 0.29) is 23.3 Å². The number of fused-ring (bicyclic) bond motifs is 3. The molecule has 1 aromatic rings. The number of phenolic OH excluding ortho intramolecular Hbond substituents is 1. The number of carbonyl (C=O) groups is 3. The number of aliphatic hydroxyl groups is 4. The summed E-state index contributed by atoms with van der Waals surface area (Å²) in [5, 5.41) is 55.0. The van der Waals surface area contributed by atoms with Gasteiger partial charge < -0.3 is 36.2 Å². The Bertz CT molecular complexity index is 1080. The summed E-state index contributed by atoms with van der Waals surface area (Å²) in [5.74, 6) is -8.74. The van der Waals surface area contributed by atoms with Crippen LogP contribution in [0, 0.1) is 17.8 Å². The zero-order valence-corrected chi connectivity index (χ0v) is 17.8. The molecule has 7 atom stereocenters. The molecular weight excluding hydrogens is 420 g/mol. The Morgan fingerprint density at radius 1 is 1.19 bits per heavy atom. The molecule has 0 radical (unpaired) electrons. The number of benzene rings is 1. The summed E-state index contributed by atoms with van der Waals surface area (Å²) in [6.07, 6.45) is -1.75. The third-order valence-corrected chi connectivity index (χ3v) is 7.39. The average molecular weight is 446 g/mol. The molecule has 0 saturated heterocycles. The highest BCUT2D eigenvalue weighted by Crippen LogP contribution is 2.56. The summed E-state index contributed by atoms with van der Waals surface area (Å²) in [7, 11) is 3.11. The molecule has 4 rings (SSSR count). The molecule has 0 heterocycles. The third-order valence-electron chi connectivity index (χ3n) is 7.39. The van der Waals surface area contributed by atoms with Gasteiger partial charge in [0.2, 0.25) is 11.7 Å². The number of primary amides is 1. The van der Waals surface area contributed by atoms with Gasteiger partial charge in [0, 0.05) is 23.5 Å². The van der Waals surface area contributed by atoms with E-state index in [1.165, 1.54) is 30.0 Å². The first kappa shape index (κ1) is 22.4.